The normalized spacial score (nSPS) is 13.6. The molecule has 0 saturated carbocycles. The highest BCUT2D eigenvalue weighted by atomic mass is 16.5. The molecule has 0 bridgehead atoms. The zero-order valence-corrected chi connectivity index (χ0v) is 19.4. The van der Waals surface area contributed by atoms with Gasteiger partial charge in [0.15, 0.2) is 5.78 Å². The van der Waals surface area contributed by atoms with Gasteiger partial charge in [-0.3, -0.25) is 9.59 Å². The van der Waals surface area contributed by atoms with E-state index in [1.807, 2.05) is 37.3 Å². The number of aromatic nitrogens is 3. The first-order valence-corrected chi connectivity index (χ1v) is 11.7. The molecule has 4 aromatic rings. The highest BCUT2D eigenvalue weighted by molar-refractivity contribution is 6.15. The third-order valence-corrected chi connectivity index (χ3v) is 6.11. The molecule has 0 N–H and O–H groups in total. The van der Waals surface area contributed by atoms with Crippen LogP contribution in [0.1, 0.15) is 39.1 Å². The fraction of sp³-hybridized carbons (Fsp3) is 0.222. The molecule has 0 radical (unpaired) electrons. The largest absolute Gasteiger partial charge is 0.353 e. The van der Waals surface area contributed by atoms with E-state index in [0.29, 0.717) is 61.0 Å². The zero-order valence-electron chi connectivity index (χ0n) is 19.4. The van der Waals surface area contributed by atoms with Crippen LogP contribution in [0.4, 0.5) is 5.82 Å². The molecular weight excluding hydrogens is 442 g/mol. The summed E-state index contributed by atoms with van der Waals surface area (Å²) in [7, 11) is 0. The van der Waals surface area contributed by atoms with Crippen molar-refractivity contribution in [2.75, 3.05) is 31.1 Å². The third-order valence-electron chi connectivity index (χ3n) is 6.11. The summed E-state index contributed by atoms with van der Waals surface area (Å²) in [6, 6.07) is 19.9. The Morgan fingerprint density at radius 3 is 2.26 bits per heavy atom. The van der Waals surface area contributed by atoms with Crippen molar-refractivity contribution in [2.45, 2.75) is 13.3 Å². The quantitative estimate of drug-likeness (QED) is 0.397. The topological polar surface area (TPSA) is 92.4 Å². The third kappa shape index (κ3) is 4.68. The molecule has 0 spiro atoms. The molecule has 1 amide bonds. The highest BCUT2D eigenvalue weighted by Crippen LogP contribution is 2.21. The molecule has 0 unspecified atom stereocenters. The summed E-state index contributed by atoms with van der Waals surface area (Å²) in [5, 5.41) is 3.99. The van der Waals surface area contributed by atoms with Gasteiger partial charge in [0.1, 0.15) is 5.82 Å². The summed E-state index contributed by atoms with van der Waals surface area (Å²) >= 11 is 0. The molecule has 35 heavy (non-hydrogen) atoms. The fourth-order valence-corrected chi connectivity index (χ4v) is 4.14. The lowest BCUT2D eigenvalue weighted by Crippen LogP contribution is -2.49. The Labute approximate surface area is 203 Å². The van der Waals surface area contributed by atoms with E-state index in [-0.39, 0.29) is 11.7 Å². The first kappa shape index (κ1) is 22.5. The van der Waals surface area contributed by atoms with Crippen LogP contribution in [0.25, 0.3) is 11.4 Å². The maximum Gasteiger partial charge on any atom is 0.254 e. The lowest BCUT2D eigenvalue weighted by Gasteiger charge is -2.35. The van der Waals surface area contributed by atoms with Crippen molar-refractivity contribution in [2.24, 2.45) is 0 Å². The van der Waals surface area contributed by atoms with Gasteiger partial charge in [-0.15, -0.1) is 0 Å². The number of hydrogen-bond donors (Lipinski definition) is 0. The molecule has 8 heteroatoms. The van der Waals surface area contributed by atoms with Gasteiger partial charge in [0, 0.05) is 55.5 Å². The van der Waals surface area contributed by atoms with Crippen LogP contribution in [-0.2, 0) is 6.42 Å². The summed E-state index contributed by atoms with van der Waals surface area (Å²) in [5.41, 5.74) is 2.23. The van der Waals surface area contributed by atoms with Gasteiger partial charge >= 0.3 is 0 Å². The van der Waals surface area contributed by atoms with Crippen LogP contribution in [0, 0.1) is 0 Å². The first-order valence-electron chi connectivity index (χ1n) is 11.7. The van der Waals surface area contributed by atoms with Crippen molar-refractivity contribution in [3.8, 4) is 11.4 Å². The van der Waals surface area contributed by atoms with E-state index in [2.05, 4.69) is 20.0 Å². The molecule has 0 aliphatic carbocycles. The lowest BCUT2D eigenvalue weighted by molar-refractivity contribution is 0.0742. The van der Waals surface area contributed by atoms with Crippen molar-refractivity contribution in [1.29, 1.82) is 0 Å². The second kappa shape index (κ2) is 9.89. The standard InChI is InChI=1S/C27H25N5O3/c1-2-24-29-26(30-35-24)20-12-13-23(28-18-20)31-14-16-32(17-15-31)27(34)22-11-7-6-10-21(22)25(33)19-8-4-3-5-9-19/h3-13,18H,2,14-17H2,1H3. The summed E-state index contributed by atoms with van der Waals surface area (Å²) < 4.78 is 5.18. The molecule has 1 aliphatic heterocycles. The Morgan fingerprint density at radius 2 is 1.60 bits per heavy atom. The van der Waals surface area contributed by atoms with Gasteiger partial charge in [-0.1, -0.05) is 60.6 Å². The van der Waals surface area contributed by atoms with Crippen LogP contribution in [0.3, 0.4) is 0 Å². The molecule has 1 fully saturated rings. The minimum absolute atomic E-state index is 0.128. The maximum absolute atomic E-state index is 13.3. The summed E-state index contributed by atoms with van der Waals surface area (Å²) in [5.74, 6) is 1.68. The predicted molar refractivity (Wildman–Crippen MR) is 131 cm³/mol. The molecule has 3 heterocycles. The number of anilines is 1. The van der Waals surface area contributed by atoms with E-state index in [1.54, 1.807) is 47.5 Å². The number of aryl methyl sites for hydroxylation is 1. The number of pyridine rings is 1. The van der Waals surface area contributed by atoms with Crippen LogP contribution < -0.4 is 4.90 Å². The van der Waals surface area contributed by atoms with Crippen molar-refractivity contribution >= 4 is 17.5 Å². The van der Waals surface area contributed by atoms with Gasteiger partial charge < -0.3 is 14.3 Å². The molecule has 1 saturated heterocycles. The predicted octanol–water partition coefficient (Wildman–Crippen LogP) is 3.89. The minimum Gasteiger partial charge on any atom is -0.353 e. The van der Waals surface area contributed by atoms with Crippen LogP contribution in [0.5, 0.6) is 0 Å². The Kier molecular flexibility index (Phi) is 6.34. The van der Waals surface area contributed by atoms with Crippen molar-refractivity contribution in [3.63, 3.8) is 0 Å². The van der Waals surface area contributed by atoms with E-state index in [0.717, 1.165) is 11.4 Å². The van der Waals surface area contributed by atoms with Crippen LogP contribution >= 0.6 is 0 Å². The van der Waals surface area contributed by atoms with E-state index in [1.165, 1.54) is 0 Å². The summed E-state index contributed by atoms with van der Waals surface area (Å²) in [6.45, 7) is 4.34. The first-order chi connectivity index (χ1) is 17.1. The van der Waals surface area contributed by atoms with Gasteiger partial charge in [-0.25, -0.2) is 4.98 Å². The second-order valence-electron chi connectivity index (χ2n) is 8.29. The van der Waals surface area contributed by atoms with Gasteiger partial charge in [0.2, 0.25) is 11.7 Å². The minimum atomic E-state index is -0.148. The zero-order chi connectivity index (χ0) is 24.2. The molecule has 2 aromatic heterocycles. The Bertz CT molecular complexity index is 1330. The molecular formula is C27H25N5O3. The Morgan fingerprint density at radius 1 is 0.886 bits per heavy atom. The molecule has 5 rings (SSSR count). The number of hydrogen-bond acceptors (Lipinski definition) is 7. The Balaban J connectivity index is 1.26. The molecule has 1 aliphatic rings. The number of rotatable bonds is 6. The van der Waals surface area contributed by atoms with Crippen molar-refractivity contribution in [1.82, 2.24) is 20.0 Å². The van der Waals surface area contributed by atoms with E-state index < -0.39 is 0 Å². The van der Waals surface area contributed by atoms with Crippen LogP contribution in [0.2, 0.25) is 0 Å². The number of benzene rings is 2. The second-order valence-corrected chi connectivity index (χ2v) is 8.29. The average molecular weight is 468 g/mol. The molecule has 0 atom stereocenters. The van der Waals surface area contributed by atoms with E-state index in [9.17, 15) is 9.59 Å². The Hall–Kier alpha value is -4.33. The van der Waals surface area contributed by atoms with E-state index in [4.69, 9.17) is 4.52 Å². The number of ketones is 1. The van der Waals surface area contributed by atoms with Crippen LogP contribution in [0.15, 0.2) is 77.4 Å². The van der Waals surface area contributed by atoms with E-state index >= 15 is 0 Å². The molecule has 8 nitrogen and oxygen atoms in total. The smallest absolute Gasteiger partial charge is 0.254 e. The lowest BCUT2D eigenvalue weighted by atomic mass is 9.97. The van der Waals surface area contributed by atoms with Gasteiger partial charge in [-0.2, -0.15) is 4.98 Å². The van der Waals surface area contributed by atoms with Crippen molar-refractivity contribution in [3.05, 3.63) is 95.5 Å². The number of carbonyl (C=O) groups excluding carboxylic acids is 2. The van der Waals surface area contributed by atoms with Gasteiger partial charge in [-0.05, 0) is 18.2 Å². The summed E-state index contributed by atoms with van der Waals surface area (Å²) in [4.78, 5) is 39.2. The maximum atomic E-state index is 13.3. The number of piperazine rings is 1. The summed E-state index contributed by atoms with van der Waals surface area (Å²) in [6.07, 6.45) is 2.43. The highest BCUT2D eigenvalue weighted by Gasteiger charge is 2.26. The van der Waals surface area contributed by atoms with Crippen molar-refractivity contribution < 1.29 is 14.1 Å². The number of nitrogens with zero attached hydrogens (tertiary/aromatic N) is 5. The van der Waals surface area contributed by atoms with Crippen LogP contribution in [-0.4, -0.2) is 57.9 Å². The molecule has 2 aromatic carbocycles. The van der Waals surface area contributed by atoms with Gasteiger partial charge in [0.25, 0.3) is 5.91 Å². The number of carbonyl (C=O) groups is 2. The number of amides is 1. The fourth-order valence-electron chi connectivity index (χ4n) is 4.14. The monoisotopic (exact) mass is 467 g/mol. The average Bonchev–Trinajstić information content (AvgIpc) is 3.42. The van der Waals surface area contributed by atoms with Gasteiger partial charge in [0.05, 0.1) is 5.56 Å². The SMILES string of the molecule is CCc1nc(-c2ccc(N3CCN(C(=O)c4ccccc4C(=O)c4ccccc4)CC3)nc2)no1. The molecule has 176 valence electrons.